The summed E-state index contributed by atoms with van der Waals surface area (Å²) >= 11 is 5.95. The van der Waals surface area contributed by atoms with Crippen LogP contribution in [0.2, 0.25) is 5.02 Å². The molecule has 2 aromatic rings. The van der Waals surface area contributed by atoms with Gasteiger partial charge >= 0.3 is 5.97 Å². The summed E-state index contributed by atoms with van der Waals surface area (Å²) in [7, 11) is 1.59. The van der Waals surface area contributed by atoms with Crippen LogP contribution in [0.4, 0.5) is 0 Å². The highest BCUT2D eigenvalue weighted by atomic mass is 35.5. The van der Waals surface area contributed by atoms with Crippen molar-refractivity contribution < 1.29 is 23.8 Å². The molecule has 1 amide bonds. The summed E-state index contributed by atoms with van der Waals surface area (Å²) in [6, 6.07) is 12.5. The van der Waals surface area contributed by atoms with Gasteiger partial charge in [0.15, 0.2) is 12.2 Å². The van der Waals surface area contributed by atoms with Gasteiger partial charge in [-0.05, 0) is 48.4 Å². The fourth-order valence-corrected chi connectivity index (χ4v) is 2.92. The van der Waals surface area contributed by atoms with E-state index in [1.54, 1.807) is 25.3 Å². The SMILES string of the molecule is COc1ccc(CNC(=O)[C@H](C)OC(=O)[C@@H]2Cc3cc(Cl)ccc3O2)cc1. The quantitative estimate of drug-likeness (QED) is 0.769. The normalized spacial score (nSPS) is 16.0. The average Bonchev–Trinajstić information content (AvgIpc) is 3.09. The molecule has 1 aliphatic heterocycles. The van der Waals surface area contributed by atoms with E-state index in [9.17, 15) is 9.59 Å². The molecule has 6 nitrogen and oxygen atoms in total. The summed E-state index contributed by atoms with van der Waals surface area (Å²) in [5, 5.41) is 3.32. The molecule has 2 atom stereocenters. The van der Waals surface area contributed by atoms with Gasteiger partial charge in [-0.25, -0.2) is 4.79 Å². The Morgan fingerprint density at radius 3 is 2.70 bits per heavy atom. The predicted molar refractivity (Wildman–Crippen MR) is 100.0 cm³/mol. The molecule has 0 fully saturated rings. The maximum Gasteiger partial charge on any atom is 0.348 e. The zero-order valence-corrected chi connectivity index (χ0v) is 15.8. The second-order valence-electron chi connectivity index (χ2n) is 6.21. The number of esters is 1. The highest BCUT2D eigenvalue weighted by Crippen LogP contribution is 2.31. The van der Waals surface area contributed by atoms with Gasteiger partial charge in [0.1, 0.15) is 11.5 Å². The van der Waals surface area contributed by atoms with Gasteiger partial charge in [-0.1, -0.05) is 23.7 Å². The molecule has 3 rings (SSSR count). The van der Waals surface area contributed by atoms with Crippen LogP contribution in [0.1, 0.15) is 18.1 Å². The molecule has 27 heavy (non-hydrogen) atoms. The second-order valence-corrected chi connectivity index (χ2v) is 6.64. The molecular weight excluding hydrogens is 370 g/mol. The molecule has 2 aromatic carbocycles. The standard InChI is InChI=1S/C20H20ClNO5/c1-12(19(23)22-11-13-3-6-16(25-2)7-4-13)26-20(24)18-10-14-9-15(21)5-8-17(14)27-18/h3-9,12,18H,10-11H2,1-2H3,(H,22,23)/t12-,18-/m0/s1. The lowest BCUT2D eigenvalue weighted by Gasteiger charge is -2.16. The minimum atomic E-state index is -0.924. The molecule has 0 unspecified atom stereocenters. The fourth-order valence-electron chi connectivity index (χ4n) is 2.73. The third kappa shape index (κ3) is 4.71. The van der Waals surface area contributed by atoms with Crippen molar-refractivity contribution in [1.29, 1.82) is 0 Å². The number of benzene rings is 2. The predicted octanol–water partition coefficient (Wildman–Crippen LogP) is 2.90. The van der Waals surface area contributed by atoms with Gasteiger partial charge in [-0.15, -0.1) is 0 Å². The Morgan fingerprint density at radius 1 is 1.26 bits per heavy atom. The number of hydrogen-bond donors (Lipinski definition) is 1. The first kappa shape index (κ1) is 19.0. The number of ether oxygens (including phenoxy) is 3. The van der Waals surface area contributed by atoms with Crippen LogP contribution in [0.5, 0.6) is 11.5 Å². The maximum absolute atomic E-state index is 12.3. The topological polar surface area (TPSA) is 73.9 Å². The van der Waals surface area contributed by atoms with Gasteiger partial charge in [-0.2, -0.15) is 0 Å². The number of amides is 1. The third-order valence-electron chi connectivity index (χ3n) is 4.25. The van der Waals surface area contributed by atoms with E-state index in [2.05, 4.69) is 5.32 Å². The summed E-state index contributed by atoms with van der Waals surface area (Å²) in [4.78, 5) is 24.5. The molecular formula is C20H20ClNO5. The molecule has 0 saturated carbocycles. The van der Waals surface area contributed by atoms with Crippen LogP contribution in [0.15, 0.2) is 42.5 Å². The first-order chi connectivity index (χ1) is 13.0. The van der Waals surface area contributed by atoms with E-state index in [1.165, 1.54) is 6.92 Å². The zero-order chi connectivity index (χ0) is 19.4. The van der Waals surface area contributed by atoms with Crippen LogP contribution < -0.4 is 14.8 Å². The van der Waals surface area contributed by atoms with Gasteiger partial charge in [0.2, 0.25) is 0 Å². The van der Waals surface area contributed by atoms with Gasteiger partial charge < -0.3 is 19.5 Å². The number of fused-ring (bicyclic) bond motifs is 1. The molecule has 0 radical (unpaired) electrons. The monoisotopic (exact) mass is 389 g/mol. The Labute approximate surface area is 162 Å². The minimum absolute atomic E-state index is 0.328. The lowest BCUT2D eigenvalue weighted by molar-refractivity contribution is -0.160. The number of carbonyl (C=O) groups is 2. The number of hydrogen-bond acceptors (Lipinski definition) is 5. The summed E-state index contributed by atoms with van der Waals surface area (Å²) in [5.74, 6) is 0.399. The smallest absolute Gasteiger partial charge is 0.348 e. The first-order valence-corrected chi connectivity index (χ1v) is 8.90. The molecule has 0 spiro atoms. The van der Waals surface area contributed by atoms with Crippen LogP contribution in [0, 0.1) is 0 Å². The fraction of sp³-hybridized carbons (Fsp3) is 0.300. The molecule has 1 aliphatic rings. The van der Waals surface area contributed by atoms with Crippen molar-refractivity contribution in [3.8, 4) is 11.5 Å². The van der Waals surface area contributed by atoms with Crippen molar-refractivity contribution in [3.63, 3.8) is 0 Å². The molecule has 0 aliphatic carbocycles. The number of halogens is 1. The van der Waals surface area contributed by atoms with E-state index >= 15 is 0 Å². The average molecular weight is 390 g/mol. The second kappa shape index (κ2) is 8.31. The van der Waals surface area contributed by atoms with Crippen LogP contribution in [0.25, 0.3) is 0 Å². The highest BCUT2D eigenvalue weighted by Gasteiger charge is 2.32. The lowest BCUT2D eigenvalue weighted by atomic mass is 10.1. The van der Waals surface area contributed by atoms with E-state index in [-0.39, 0.29) is 5.91 Å². The first-order valence-electron chi connectivity index (χ1n) is 8.52. The Bertz CT molecular complexity index is 837. The lowest BCUT2D eigenvalue weighted by Crippen LogP contribution is -2.39. The molecule has 7 heteroatoms. The summed E-state index contributed by atoms with van der Waals surface area (Å²) in [6.45, 7) is 1.86. The van der Waals surface area contributed by atoms with E-state index in [0.29, 0.717) is 23.7 Å². The Kier molecular flexibility index (Phi) is 5.86. The van der Waals surface area contributed by atoms with Crippen molar-refractivity contribution in [2.75, 3.05) is 7.11 Å². The van der Waals surface area contributed by atoms with Crippen molar-refractivity contribution in [2.45, 2.75) is 32.1 Å². The van der Waals surface area contributed by atoms with E-state index in [4.69, 9.17) is 25.8 Å². The molecule has 0 bridgehead atoms. The number of rotatable bonds is 6. The van der Waals surface area contributed by atoms with Crippen LogP contribution >= 0.6 is 11.6 Å². The minimum Gasteiger partial charge on any atom is -0.497 e. The van der Waals surface area contributed by atoms with Crippen molar-refractivity contribution >= 4 is 23.5 Å². The molecule has 0 saturated heterocycles. The summed E-state index contributed by atoms with van der Waals surface area (Å²) < 4.78 is 15.9. The van der Waals surface area contributed by atoms with Crippen molar-refractivity contribution in [1.82, 2.24) is 5.32 Å². The highest BCUT2D eigenvalue weighted by molar-refractivity contribution is 6.30. The Balaban J connectivity index is 1.48. The van der Waals surface area contributed by atoms with E-state index < -0.39 is 18.2 Å². The Hall–Kier alpha value is -2.73. The van der Waals surface area contributed by atoms with Crippen LogP contribution in [-0.4, -0.2) is 31.2 Å². The van der Waals surface area contributed by atoms with E-state index in [0.717, 1.165) is 16.9 Å². The van der Waals surface area contributed by atoms with Crippen molar-refractivity contribution in [2.24, 2.45) is 0 Å². The van der Waals surface area contributed by atoms with E-state index in [1.807, 2.05) is 24.3 Å². The largest absolute Gasteiger partial charge is 0.497 e. The molecule has 0 aromatic heterocycles. The van der Waals surface area contributed by atoms with Crippen molar-refractivity contribution in [3.05, 3.63) is 58.6 Å². The van der Waals surface area contributed by atoms with Gasteiger partial charge in [-0.3, -0.25) is 4.79 Å². The molecule has 1 heterocycles. The van der Waals surface area contributed by atoms with Gasteiger partial charge in [0.25, 0.3) is 5.91 Å². The molecule has 142 valence electrons. The van der Waals surface area contributed by atoms with Gasteiger partial charge in [0.05, 0.1) is 7.11 Å². The number of carbonyl (C=O) groups excluding carboxylic acids is 2. The zero-order valence-electron chi connectivity index (χ0n) is 15.0. The molecule has 1 N–H and O–H groups in total. The number of nitrogens with one attached hydrogen (secondary N) is 1. The third-order valence-corrected chi connectivity index (χ3v) is 4.48. The van der Waals surface area contributed by atoms with Crippen LogP contribution in [-0.2, 0) is 27.3 Å². The maximum atomic E-state index is 12.3. The van der Waals surface area contributed by atoms with Gasteiger partial charge in [0, 0.05) is 18.0 Å². The summed E-state index contributed by atoms with van der Waals surface area (Å²) in [6.07, 6.45) is -1.32. The number of methoxy groups -OCH3 is 1. The van der Waals surface area contributed by atoms with Crippen LogP contribution in [0.3, 0.4) is 0 Å². The Morgan fingerprint density at radius 2 is 2.00 bits per heavy atom. The summed E-state index contributed by atoms with van der Waals surface area (Å²) in [5.41, 5.74) is 1.76.